The van der Waals surface area contributed by atoms with Gasteiger partial charge in [-0.15, -0.1) is 0 Å². The second-order valence-electron chi connectivity index (χ2n) is 4.80. The van der Waals surface area contributed by atoms with Crippen LogP contribution in [0.1, 0.15) is 31.9 Å². The van der Waals surface area contributed by atoms with Crippen molar-refractivity contribution in [1.82, 2.24) is 5.32 Å². The van der Waals surface area contributed by atoms with Crippen LogP contribution in [0.15, 0.2) is 24.3 Å². The van der Waals surface area contributed by atoms with Gasteiger partial charge in [0.15, 0.2) is 0 Å². The van der Waals surface area contributed by atoms with Gasteiger partial charge in [0.25, 0.3) is 0 Å². The molecule has 0 fully saturated rings. The predicted octanol–water partition coefficient (Wildman–Crippen LogP) is 2.37. The minimum absolute atomic E-state index is 0.0299. The maximum atomic E-state index is 10.4. The van der Waals surface area contributed by atoms with Gasteiger partial charge in [-0.1, -0.05) is 37.6 Å². The van der Waals surface area contributed by atoms with Crippen molar-refractivity contribution in [1.29, 1.82) is 0 Å². The van der Waals surface area contributed by atoms with Crippen LogP contribution in [0.25, 0.3) is 0 Å². The van der Waals surface area contributed by atoms with Gasteiger partial charge >= 0.3 is 0 Å². The number of halogens is 1. The number of benzene rings is 1. The molecule has 0 amide bonds. The molecule has 3 nitrogen and oxygen atoms in total. The van der Waals surface area contributed by atoms with Crippen molar-refractivity contribution in [3.63, 3.8) is 0 Å². The fraction of sp³-hybridized carbons (Fsp3) is 0.571. The van der Waals surface area contributed by atoms with E-state index < -0.39 is 6.10 Å². The SMILES string of the molecule is CC(C)C(NCCCO)C(O)c1ccc(Cl)cc1. The van der Waals surface area contributed by atoms with Crippen LogP contribution in [0.4, 0.5) is 0 Å². The lowest BCUT2D eigenvalue weighted by atomic mass is 9.93. The first-order chi connectivity index (χ1) is 8.56. The van der Waals surface area contributed by atoms with Crippen LogP contribution in [0.5, 0.6) is 0 Å². The molecule has 18 heavy (non-hydrogen) atoms. The Balaban J connectivity index is 2.69. The monoisotopic (exact) mass is 271 g/mol. The molecular weight excluding hydrogens is 250 g/mol. The molecule has 0 spiro atoms. The van der Waals surface area contributed by atoms with E-state index in [1.54, 1.807) is 12.1 Å². The molecule has 1 aromatic rings. The van der Waals surface area contributed by atoms with Gasteiger partial charge in [0.2, 0.25) is 0 Å². The smallest absolute Gasteiger partial charge is 0.0945 e. The Bertz CT molecular complexity index is 340. The Kier molecular flexibility index (Phi) is 6.65. The van der Waals surface area contributed by atoms with E-state index in [1.165, 1.54) is 0 Å². The van der Waals surface area contributed by atoms with Crippen molar-refractivity contribution in [3.05, 3.63) is 34.9 Å². The van der Waals surface area contributed by atoms with E-state index in [2.05, 4.69) is 19.2 Å². The Hall–Kier alpha value is -0.610. The molecule has 0 aliphatic rings. The number of aliphatic hydroxyl groups excluding tert-OH is 2. The molecule has 0 bridgehead atoms. The minimum Gasteiger partial charge on any atom is -0.396 e. The van der Waals surface area contributed by atoms with E-state index in [4.69, 9.17) is 16.7 Å². The summed E-state index contributed by atoms with van der Waals surface area (Å²) in [6.45, 7) is 4.99. The zero-order chi connectivity index (χ0) is 13.5. The van der Waals surface area contributed by atoms with Gasteiger partial charge in [-0.2, -0.15) is 0 Å². The third kappa shape index (κ3) is 4.58. The maximum absolute atomic E-state index is 10.4. The van der Waals surface area contributed by atoms with Crippen LogP contribution < -0.4 is 5.32 Å². The van der Waals surface area contributed by atoms with E-state index in [0.717, 1.165) is 5.56 Å². The van der Waals surface area contributed by atoms with Crippen LogP contribution in [0.2, 0.25) is 5.02 Å². The van der Waals surface area contributed by atoms with Crippen LogP contribution in [0.3, 0.4) is 0 Å². The highest BCUT2D eigenvalue weighted by atomic mass is 35.5. The first-order valence-corrected chi connectivity index (χ1v) is 6.72. The number of hydrogen-bond acceptors (Lipinski definition) is 3. The molecule has 0 radical (unpaired) electrons. The molecule has 0 aromatic heterocycles. The summed E-state index contributed by atoms with van der Waals surface area (Å²) in [7, 11) is 0. The molecule has 2 atom stereocenters. The molecule has 1 rings (SSSR count). The van der Waals surface area contributed by atoms with Crippen molar-refractivity contribution in [2.24, 2.45) is 5.92 Å². The summed E-state index contributed by atoms with van der Waals surface area (Å²) in [4.78, 5) is 0. The van der Waals surface area contributed by atoms with Gasteiger partial charge < -0.3 is 15.5 Å². The van der Waals surface area contributed by atoms with Gasteiger partial charge in [0.05, 0.1) is 6.10 Å². The van der Waals surface area contributed by atoms with Gasteiger partial charge in [-0.3, -0.25) is 0 Å². The molecule has 2 unspecified atom stereocenters. The number of hydrogen-bond donors (Lipinski definition) is 3. The Morgan fingerprint density at radius 3 is 2.33 bits per heavy atom. The Labute approximate surface area is 114 Å². The molecule has 0 saturated carbocycles. The van der Waals surface area contributed by atoms with Gasteiger partial charge in [-0.05, 0) is 36.6 Å². The van der Waals surface area contributed by atoms with Gasteiger partial charge in [0.1, 0.15) is 0 Å². The lowest BCUT2D eigenvalue weighted by molar-refractivity contribution is 0.104. The third-order valence-corrected chi connectivity index (χ3v) is 3.24. The predicted molar refractivity (Wildman–Crippen MR) is 74.7 cm³/mol. The van der Waals surface area contributed by atoms with Gasteiger partial charge in [-0.25, -0.2) is 0 Å². The summed E-state index contributed by atoms with van der Waals surface area (Å²) in [6.07, 6.45) is 0.122. The minimum atomic E-state index is -0.569. The van der Waals surface area contributed by atoms with Crippen LogP contribution >= 0.6 is 11.6 Å². The fourth-order valence-electron chi connectivity index (χ4n) is 1.93. The molecule has 102 valence electrons. The summed E-state index contributed by atoms with van der Waals surface area (Å²) >= 11 is 5.84. The quantitative estimate of drug-likeness (QED) is 0.668. The number of aliphatic hydroxyl groups is 2. The van der Waals surface area contributed by atoms with Gasteiger partial charge in [0, 0.05) is 17.7 Å². The molecule has 0 heterocycles. The van der Waals surface area contributed by atoms with E-state index in [9.17, 15) is 5.11 Å². The average molecular weight is 272 g/mol. The summed E-state index contributed by atoms with van der Waals surface area (Å²) < 4.78 is 0. The Morgan fingerprint density at radius 1 is 1.22 bits per heavy atom. The summed E-state index contributed by atoms with van der Waals surface area (Å²) in [5.74, 6) is 0.300. The summed E-state index contributed by atoms with van der Waals surface area (Å²) in [6, 6.07) is 7.22. The zero-order valence-electron chi connectivity index (χ0n) is 10.9. The van der Waals surface area contributed by atoms with Crippen molar-refractivity contribution in [3.8, 4) is 0 Å². The molecule has 0 saturated heterocycles. The lowest BCUT2D eigenvalue weighted by Gasteiger charge is -2.28. The second kappa shape index (κ2) is 7.74. The van der Waals surface area contributed by atoms with E-state index in [-0.39, 0.29) is 12.6 Å². The molecule has 0 aliphatic heterocycles. The number of nitrogens with one attached hydrogen (secondary N) is 1. The van der Waals surface area contributed by atoms with Crippen molar-refractivity contribution >= 4 is 11.6 Å². The molecule has 3 N–H and O–H groups in total. The summed E-state index contributed by atoms with van der Waals surface area (Å²) in [5, 5.41) is 23.1. The maximum Gasteiger partial charge on any atom is 0.0945 e. The lowest BCUT2D eigenvalue weighted by Crippen LogP contribution is -2.40. The Morgan fingerprint density at radius 2 is 1.83 bits per heavy atom. The highest BCUT2D eigenvalue weighted by Gasteiger charge is 2.23. The van der Waals surface area contributed by atoms with E-state index >= 15 is 0 Å². The topological polar surface area (TPSA) is 52.5 Å². The van der Waals surface area contributed by atoms with E-state index in [1.807, 2.05) is 12.1 Å². The largest absolute Gasteiger partial charge is 0.396 e. The normalized spacial score (nSPS) is 14.8. The third-order valence-electron chi connectivity index (χ3n) is 2.98. The highest BCUT2D eigenvalue weighted by Crippen LogP contribution is 2.23. The highest BCUT2D eigenvalue weighted by molar-refractivity contribution is 6.30. The van der Waals surface area contributed by atoms with Crippen LogP contribution in [-0.4, -0.2) is 29.4 Å². The first kappa shape index (κ1) is 15.4. The van der Waals surface area contributed by atoms with Crippen molar-refractivity contribution in [2.45, 2.75) is 32.4 Å². The number of rotatable bonds is 7. The molecule has 4 heteroatoms. The zero-order valence-corrected chi connectivity index (χ0v) is 11.7. The fourth-order valence-corrected chi connectivity index (χ4v) is 2.05. The van der Waals surface area contributed by atoms with Crippen LogP contribution in [-0.2, 0) is 0 Å². The summed E-state index contributed by atoms with van der Waals surface area (Å²) in [5.41, 5.74) is 0.856. The van der Waals surface area contributed by atoms with Crippen molar-refractivity contribution in [2.75, 3.05) is 13.2 Å². The van der Waals surface area contributed by atoms with E-state index in [0.29, 0.717) is 23.9 Å². The standard InChI is InChI=1S/C14H22ClNO2/c1-10(2)13(16-8-3-9-17)14(18)11-4-6-12(15)7-5-11/h4-7,10,13-14,16-18H,3,8-9H2,1-2H3. The van der Waals surface area contributed by atoms with Crippen molar-refractivity contribution < 1.29 is 10.2 Å². The van der Waals surface area contributed by atoms with Crippen LogP contribution in [0, 0.1) is 5.92 Å². The average Bonchev–Trinajstić information content (AvgIpc) is 2.34. The second-order valence-corrected chi connectivity index (χ2v) is 5.23. The molecular formula is C14H22ClNO2. The first-order valence-electron chi connectivity index (χ1n) is 6.34. The molecule has 1 aromatic carbocycles. The molecule has 0 aliphatic carbocycles.